The Morgan fingerprint density at radius 1 is 0.882 bits per heavy atom. The van der Waals surface area contributed by atoms with Crippen LogP contribution in [0.5, 0.6) is 0 Å². The highest BCUT2D eigenvalue weighted by atomic mass is 16.5. The van der Waals surface area contributed by atoms with E-state index >= 15 is 0 Å². The number of ether oxygens (including phenoxy) is 1. The first-order valence-electron chi connectivity index (χ1n) is 5.60. The summed E-state index contributed by atoms with van der Waals surface area (Å²) in [5.41, 5.74) is 0.596. The zero-order chi connectivity index (χ0) is 12.1. The molecule has 0 aliphatic heterocycles. The van der Waals surface area contributed by atoms with Crippen LogP contribution in [0, 0.1) is 0 Å². The topological polar surface area (TPSA) is 29.5 Å². The van der Waals surface area contributed by atoms with E-state index in [0.717, 1.165) is 11.1 Å². The minimum absolute atomic E-state index is 0.237. The molecule has 1 N–H and O–H groups in total. The normalized spacial score (nSPS) is 11.4. The van der Waals surface area contributed by atoms with Crippen LogP contribution in [0.25, 0.3) is 0 Å². The van der Waals surface area contributed by atoms with Crippen LogP contribution in [-0.4, -0.2) is 18.8 Å². The van der Waals surface area contributed by atoms with Gasteiger partial charge >= 0.3 is 0 Å². The van der Waals surface area contributed by atoms with Gasteiger partial charge in [-0.1, -0.05) is 60.7 Å². The van der Waals surface area contributed by atoms with Gasteiger partial charge < -0.3 is 9.84 Å². The Balaban J connectivity index is 2.47. The maximum atomic E-state index is 10.8. The van der Waals surface area contributed by atoms with Crippen LogP contribution in [-0.2, 0) is 10.3 Å². The molecule has 88 valence electrons. The van der Waals surface area contributed by atoms with Crippen molar-refractivity contribution in [3.8, 4) is 0 Å². The minimum Gasteiger partial charge on any atom is -0.381 e. The minimum atomic E-state index is -1.09. The lowest BCUT2D eigenvalue weighted by Gasteiger charge is -2.28. The van der Waals surface area contributed by atoms with Gasteiger partial charge in [0.2, 0.25) is 0 Å². The van der Waals surface area contributed by atoms with E-state index in [9.17, 15) is 5.11 Å². The van der Waals surface area contributed by atoms with E-state index in [-0.39, 0.29) is 6.61 Å². The molecule has 0 bridgehead atoms. The molecule has 0 fully saturated rings. The molecule has 0 aromatic heterocycles. The zero-order valence-electron chi connectivity index (χ0n) is 9.84. The smallest absolute Gasteiger partial charge is 0.138 e. The molecule has 0 spiro atoms. The Bertz CT molecular complexity index is 411. The number of hydrogen-bond acceptors (Lipinski definition) is 2. The number of benzene rings is 2. The molecule has 2 aromatic rings. The standard InChI is InChI=1S/C15H16O2/c1-17-12-15(16,13-8-4-2-5-9-13)14-10-6-3-7-11-14/h2-11,16H,12H2,1H3. The fourth-order valence-corrected chi connectivity index (χ4v) is 1.97. The zero-order valence-corrected chi connectivity index (χ0v) is 9.84. The Morgan fingerprint density at radius 2 is 1.29 bits per heavy atom. The fourth-order valence-electron chi connectivity index (χ4n) is 1.97. The molecule has 0 aliphatic rings. The predicted octanol–water partition coefficient (Wildman–Crippen LogP) is 2.57. The molecular formula is C15H16O2. The molecule has 2 heteroatoms. The molecule has 2 aromatic carbocycles. The summed E-state index contributed by atoms with van der Waals surface area (Å²) in [4.78, 5) is 0. The van der Waals surface area contributed by atoms with Crippen molar-refractivity contribution >= 4 is 0 Å². The van der Waals surface area contributed by atoms with Gasteiger partial charge in [0.15, 0.2) is 0 Å². The summed E-state index contributed by atoms with van der Waals surface area (Å²) < 4.78 is 5.17. The molecule has 0 amide bonds. The van der Waals surface area contributed by atoms with Gasteiger partial charge in [-0.3, -0.25) is 0 Å². The van der Waals surface area contributed by atoms with Crippen molar-refractivity contribution < 1.29 is 9.84 Å². The highest BCUT2D eigenvalue weighted by molar-refractivity contribution is 5.35. The van der Waals surface area contributed by atoms with E-state index in [0.29, 0.717) is 0 Å². The van der Waals surface area contributed by atoms with Crippen molar-refractivity contribution in [3.63, 3.8) is 0 Å². The Morgan fingerprint density at radius 3 is 1.65 bits per heavy atom. The summed E-state index contributed by atoms with van der Waals surface area (Å²) in [6.07, 6.45) is 0. The van der Waals surface area contributed by atoms with Crippen molar-refractivity contribution in [3.05, 3.63) is 71.8 Å². The Hall–Kier alpha value is -1.64. The molecule has 17 heavy (non-hydrogen) atoms. The summed E-state index contributed by atoms with van der Waals surface area (Å²) in [5, 5.41) is 10.8. The van der Waals surface area contributed by atoms with E-state index in [1.165, 1.54) is 0 Å². The van der Waals surface area contributed by atoms with Crippen molar-refractivity contribution in [2.75, 3.05) is 13.7 Å². The van der Waals surface area contributed by atoms with Crippen molar-refractivity contribution in [1.82, 2.24) is 0 Å². The molecule has 2 nitrogen and oxygen atoms in total. The number of aliphatic hydroxyl groups is 1. The van der Waals surface area contributed by atoms with Gasteiger partial charge in [-0.2, -0.15) is 0 Å². The highest BCUT2D eigenvalue weighted by Gasteiger charge is 2.31. The first-order valence-corrected chi connectivity index (χ1v) is 5.60. The molecule has 0 saturated heterocycles. The second kappa shape index (κ2) is 5.13. The predicted molar refractivity (Wildman–Crippen MR) is 67.8 cm³/mol. The first kappa shape index (κ1) is 11.8. The number of rotatable bonds is 4. The van der Waals surface area contributed by atoms with Crippen LogP contribution in [0.2, 0.25) is 0 Å². The number of methoxy groups -OCH3 is 1. The monoisotopic (exact) mass is 228 g/mol. The third-order valence-corrected chi connectivity index (χ3v) is 2.86. The van der Waals surface area contributed by atoms with Gasteiger partial charge in [0.1, 0.15) is 5.60 Å². The molecular weight excluding hydrogens is 212 g/mol. The summed E-state index contributed by atoms with van der Waals surface area (Å²) in [6.45, 7) is 0.237. The Labute approximate surface area is 101 Å². The summed E-state index contributed by atoms with van der Waals surface area (Å²) in [7, 11) is 1.59. The fraction of sp³-hybridized carbons (Fsp3) is 0.200. The molecule has 0 unspecified atom stereocenters. The third kappa shape index (κ3) is 2.38. The lowest BCUT2D eigenvalue weighted by atomic mass is 9.87. The molecule has 0 heterocycles. The van der Waals surface area contributed by atoms with E-state index in [4.69, 9.17) is 4.74 Å². The van der Waals surface area contributed by atoms with Crippen LogP contribution < -0.4 is 0 Å². The van der Waals surface area contributed by atoms with Crippen molar-refractivity contribution in [2.24, 2.45) is 0 Å². The second-order valence-electron chi connectivity index (χ2n) is 4.03. The molecule has 0 atom stereocenters. The maximum absolute atomic E-state index is 10.8. The molecule has 0 saturated carbocycles. The average Bonchev–Trinajstić information content (AvgIpc) is 2.41. The quantitative estimate of drug-likeness (QED) is 0.871. The van der Waals surface area contributed by atoms with Crippen molar-refractivity contribution in [1.29, 1.82) is 0 Å². The van der Waals surface area contributed by atoms with E-state index < -0.39 is 5.60 Å². The van der Waals surface area contributed by atoms with Crippen LogP contribution >= 0.6 is 0 Å². The summed E-state index contributed by atoms with van der Waals surface area (Å²) >= 11 is 0. The average molecular weight is 228 g/mol. The van der Waals surface area contributed by atoms with Crippen LogP contribution in [0.4, 0.5) is 0 Å². The molecule has 0 radical (unpaired) electrons. The SMILES string of the molecule is COCC(O)(c1ccccc1)c1ccccc1. The van der Waals surface area contributed by atoms with E-state index in [2.05, 4.69) is 0 Å². The van der Waals surface area contributed by atoms with Gasteiger partial charge in [0.05, 0.1) is 6.61 Å². The highest BCUT2D eigenvalue weighted by Crippen LogP contribution is 2.29. The summed E-state index contributed by atoms with van der Waals surface area (Å²) in [6, 6.07) is 19.2. The van der Waals surface area contributed by atoms with E-state index in [1.54, 1.807) is 7.11 Å². The van der Waals surface area contributed by atoms with Gasteiger partial charge in [-0.05, 0) is 11.1 Å². The van der Waals surface area contributed by atoms with Crippen LogP contribution in [0.15, 0.2) is 60.7 Å². The van der Waals surface area contributed by atoms with Crippen LogP contribution in [0.3, 0.4) is 0 Å². The van der Waals surface area contributed by atoms with Gasteiger partial charge in [0.25, 0.3) is 0 Å². The van der Waals surface area contributed by atoms with E-state index in [1.807, 2.05) is 60.7 Å². The lowest BCUT2D eigenvalue weighted by Crippen LogP contribution is -2.32. The van der Waals surface area contributed by atoms with Crippen LogP contribution in [0.1, 0.15) is 11.1 Å². The lowest BCUT2D eigenvalue weighted by molar-refractivity contribution is -0.00327. The van der Waals surface area contributed by atoms with Crippen molar-refractivity contribution in [2.45, 2.75) is 5.60 Å². The second-order valence-corrected chi connectivity index (χ2v) is 4.03. The van der Waals surface area contributed by atoms with Gasteiger partial charge in [0, 0.05) is 7.11 Å². The summed E-state index contributed by atoms with van der Waals surface area (Å²) in [5.74, 6) is 0. The van der Waals surface area contributed by atoms with Gasteiger partial charge in [-0.25, -0.2) is 0 Å². The molecule has 2 rings (SSSR count). The Kier molecular flexibility index (Phi) is 3.57. The largest absolute Gasteiger partial charge is 0.381 e. The molecule has 0 aliphatic carbocycles. The third-order valence-electron chi connectivity index (χ3n) is 2.86. The first-order chi connectivity index (χ1) is 8.27. The number of hydrogen-bond donors (Lipinski definition) is 1. The maximum Gasteiger partial charge on any atom is 0.138 e. The van der Waals surface area contributed by atoms with Gasteiger partial charge in [-0.15, -0.1) is 0 Å².